The highest BCUT2D eigenvalue weighted by atomic mass is 28.4. The molecule has 0 bridgehead atoms. The van der Waals surface area contributed by atoms with Gasteiger partial charge in [-0.25, -0.2) is 0 Å². The lowest BCUT2D eigenvalue weighted by Gasteiger charge is -2.46. The predicted octanol–water partition coefficient (Wildman–Crippen LogP) is 4.48. The first-order chi connectivity index (χ1) is 12.6. The van der Waals surface area contributed by atoms with E-state index in [1.807, 2.05) is 0 Å². The Labute approximate surface area is 165 Å². The highest BCUT2D eigenvalue weighted by Crippen LogP contribution is 2.60. The topological polar surface area (TPSA) is 46.2 Å². The molecule has 0 amide bonds. The first-order valence-corrected chi connectivity index (χ1v) is 13.2. The summed E-state index contributed by atoms with van der Waals surface area (Å²) in [6.07, 6.45) is 5.99. The molecule has 3 unspecified atom stereocenters. The molecule has 3 aliphatic rings. The van der Waals surface area contributed by atoms with Crippen LogP contribution in [0.25, 0.3) is 0 Å². The second kappa shape index (κ2) is 7.54. The van der Waals surface area contributed by atoms with Crippen molar-refractivity contribution in [3.63, 3.8) is 0 Å². The Morgan fingerprint density at radius 2 is 1.85 bits per heavy atom. The minimum Gasteiger partial charge on any atom is -0.414 e. The summed E-state index contributed by atoms with van der Waals surface area (Å²) in [5.41, 5.74) is 0.971. The summed E-state index contributed by atoms with van der Waals surface area (Å²) in [4.78, 5) is 0. The minimum absolute atomic E-state index is 0.110. The van der Waals surface area contributed by atoms with Gasteiger partial charge in [-0.3, -0.25) is 0 Å². The van der Waals surface area contributed by atoms with Crippen LogP contribution in [0.15, 0.2) is 11.6 Å². The standard InChI is InChI=1S/C21H38O5Si/c1-20(2,3)27(7,8)26-17-13-16(19(23-5)24-6)21-14(10-9-11-15(17)21)12-18(22-4)25-21/h12,15-19H,9-11,13H2,1-8H3/t15-,16?,17?,18?,21+/m1/s1. The zero-order chi connectivity index (χ0) is 20.0. The minimum atomic E-state index is -1.89. The van der Waals surface area contributed by atoms with Crippen molar-refractivity contribution in [2.45, 2.75) is 88.9 Å². The van der Waals surface area contributed by atoms with Crippen molar-refractivity contribution in [2.24, 2.45) is 11.8 Å². The van der Waals surface area contributed by atoms with Gasteiger partial charge in [0.05, 0.1) is 6.10 Å². The number of rotatable bonds is 6. The van der Waals surface area contributed by atoms with E-state index in [9.17, 15) is 0 Å². The van der Waals surface area contributed by atoms with Crippen LogP contribution < -0.4 is 0 Å². The van der Waals surface area contributed by atoms with Gasteiger partial charge in [-0.15, -0.1) is 0 Å². The van der Waals surface area contributed by atoms with Crippen molar-refractivity contribution < 1.29 is 23.4 Å². The number of methoxy groups -OCH3 is 3. The van der Waals surface area contributed by atoms with Gasteiger partial charge >= 0.3 is 0 Å². The predicted molar refractivity (Wildman–Crippen MR) is 108 cm³/mol. The van der Waals surface area contributed by atoms with Crippen LogP contribution in [0.1, 0.15) is 46.5 Å². The summed E-state index contributed by atoms with van der Waals surface area (Å²) in [7, 11) is 3.26. The maximum Gasteiger partial charge on any atom is 0.192 e. The van der Waals surface area contributed by atoms with Crippen molar-refractivity contribution in [2.75, 3.05) is 21.3 Å². The molecule has 5 atom stereocenters. The molecule has 0 N–H and O–H groups in total. The zero-order valence-electron chi connectivity index (χ0n) is 18.3. The third-order valence-corrected chi connectivity index (χ3v) is 11.9. The molecular weight excluding hydrogens is 360 g/mol. The maximum atomic E-state index is 6.95. The normalized spacial score (nSPS) is 36.7. The summed E-state index contributed by atoms with van der Waals surface area (Å²) in [6, 6.07) is 0. The molecule has 2 fully saturated rings. The van der Waals surface area contributed by atoms with Gasteiger partial charge in [0.1, 0.15) is 5.60 Å². The lowest BCUT2D eigenvalue weighted by Crippen LogP contribution is -2.52. The summed E-state index contributed by atoms with van der Waals surface area (Å²) in [5, 5.41) is 0.180. The molecule has 0 aromatic heterocycles. The fraction of sp³-hybridized carbons (Fsp3) is 0.905. The van der Waals surface area contributed by atoms with E-state index in [1.54, 1.807) is 21.3 Å². The molecule has 0 radical (unpaired) electrons. The average Bonchev–Trinajstić information content (AvgIpc) is 3.12. The summed E-state index contributed by atoms with van der Waals surface area (Å²) < 4.78 is 30.6. The molecule has 5 nitrogen and oxygen atoms in total. The molecule has 0 aromatic rings. The molecular formula is C21H38O5Si. The smallest absolute Gasteiger partial charge is 0.192 e. The van der Waals surface area contributed by atoms with Crippen LogP contribution in [0.5, 0.6) is 0 Å². The quantitative estimate of drug-likeness (QED) is 0.375. The molecule has 6 heteroatoms. The van der Waals surface area contributed by atoms with Gasteiger partial charge < -0.3 is 23.4 Å². The Bertz CT molecular complexity index is 565. The fourth-order valence-corrected chi connectivity index (χ4v) is 6.49. The molecule has 1 aliphatic heterocycles. The van der Waals surface area contributed by atoms with E-state index in [0.29, 0.717) is 5.92 Å². The van der Waals surface area contributed by atoms with Crippen LogP contribution in [0.3, 0.4) is 0 Å². The zero-order valence-corrected chi connectivity index (χ0v) is 19.3. The van der Waals surface area contributed by atoms with E-state index in [0.717, 1.165) is 19.3 Å². The van der Waals surface area contributed by atoms with Gasteiger partial charge in [0.15, 0.2) is 20.9 Å². The van der Waals surface area contributed by atoms with Crippen LogP contribution >= 0.6 is 0 Å². The molecule has 0 saturated heterocycles. The molecule has 1 heterocycles. The third kappa shape index (κ3) is 3.47. The molecule has 0 aromatic carbocycles. The number of hydrogen-bond acceptors (Lipinski definition) is 5. The largest absolute Gasteiger partial charge is 0.414 e. The second-order valence-corrected chi connectivity index (χ2v) is 14.6. The Morgan fingerprint density at radius 1 is 1.19 bits per heavy atom. The van der Waals surface area contributed by atoms with E-state index in [-0.39, 0.29) is 35.2 Å². The van der Waals surface area contributed by atoms with Crippen LogP contribution in [-0.2, 0) is 23.4 Å². The lowest BCUT2D eigenvalue weighted by atomic mass is 9.70. The van der Waals surface area contributed by atoms with E-state index in [1.165, 1.54) is 12.0 Å². The summed E-state index contributed by atoms with van der Waals surface area (Å²) in [6.45, 7) is 11.6. The average molecular weight is 399 g/mol. The van der Waals surface area contributed by atoms with Crippen molar-refractivity contribution >= 4 is 8.32 Å². The molecule has 3 rings (SSSR count). The van der Waals surface area contributed by atoms with Crippen LogP contribution in [0.4, 0.5) is 0 Å². The third-order valence-electron chi connectivity index (χ3n) is 7.43. The molecule has 2 saturated carbocycles. The SMILES string of the molecule is COC1C=C2CCC[C@@H]3C(O[Si](C)(C)C(C)(C)C)CC(C(OC)OC)[C@]23O1. The molecule has 27 heavy (non-hydrogen) atoms. The van der Waals surface area contributed by atoms with Crippen molar-refractivity contribution in [3.05, 3.63) is 11.6 Å². The molecule has 1 spiro atoms. The van der Waals surface area contributed by atoms with Gasteiger partial charge in [0, 0.05) is 33.2 Å². The first-order valence-electron chi connectivity index (χ1n) is 10.3. The van der Waals surface area contributed by atoms with Gasteiger partial charge in [0.2, 0.25) is 0 Å². The van der Waals surface area contributed by atoms with Crippen molar-refractivity contribution in [3.8, 4) is 0 Å². The number of hydrogen-bond donors (Lipinski definition) is 0. The highest BCUT2D eigenvalue weighted by Gasteiger charge is 2.65. The van der Waals surface area contributed by atoms with E-state index in [2.05, 4.69) is 39.9 Å². The van der Waals surface area contributed by atoms with Gasteiger partial charge in [-0.2, -0.15) is 0 Å². The highest BCUT2D eigenvalue weighted by molar-refractivity contribution is 6.74. The van der Waals surface area contributed by atoms with Gasteiger partial charge in [-0.05, 0) is 55.5 Å². The van der Waals surface area contributed by atoms with Crippen LogP contribution in [0.2, 0.25) is 18.1 Å². The lowest BCUT2D eigenvalue weighted by molar-refractivity contribution is -0.225. The summed E-state index contributed by atoms with van der Waals surface area (Å²) >= 11 is 0. The molecule has 156 valence electrons. The summed E-state index contributed by atoms with van der Waals surface area (Å²) in [5.74, 6) is 0.434. The molecule has 2 aliphatic carbocycles. The van der Waals surface area contributed by atoms with Crippen molar-refractivity contribution in [1.29, 1.82) is 0 Å². The Hall–Kier alpha value is -0.243. The maximum absolute atomic E-state index is 6.95. The van der Waals surface area contributed by atoms with Crippen LogP contribution in [0, 0.1) is 11.8 Å². The van der Waals surface area contributed by atoms with Gasteiger partial charge in [0.25, 0.3) is 0 Å². The van der Waals surface area contributed by atoms with Crippen LogP contribution in [-0.4, -0.2) is 53.9 Å². The van der Waals surface area contributed by atoms with Gasteiger partial charge in [-0.1, -0.05) is 20.8 Å². The van der Waals surface area contributed by atoms with E-state index >= 15 is 0 Å². The van der Waals surface area contributed by atoms with E-state index < -0.39 is 8.32 Å². The Kier molecular flexibility index (Phi) is 5.99. The number of ether oxygens (including phenoxy) is 4. The fourth-order valence-electron chi connectivity index (χ4n) is 5.12. The Balaban J connectivity index is 1.98. The van der Waals surface area contributed by atoms with Crippen molar-refractivity contribution in [1.82, 2.24) is 0 Å². The Morgan fingerprint density at radius 3 is 2.41 bits per heavy atom. The second-order valence-electron chi connectivity index (χ2n) is 9.80. The monoisotopic (exact) mass is 398 g/mol. The first kappa shape index (κ1) is 21.5. The van der Waals surface area contributed by atoms with E-state index in [4.69, 9.17) is 23.4 Å².